The van der Waals surface area contributed by atoms with Crippen molar-refractivity contribution >= 4 is 6.41 Å². The Bertz CT molecular complexity index is 66.1. The molecule has 0 aliphatic rings. The average Bonchev–Trinajstić information content (AvgIpc) is 1.89. The number of amides is 1. The number of nitrogens with two attached hydrogens (primary N) is 1. The summed E-state index contributed by atoms with van der Waals surface area (Å²) in [6.45, 7) is 1.47. The highest BCUT2D eigenvalue weighted by Gasteiger charge is 1.84. The largest absolute Gasteiger partial charge is 0.348 e. The van der Waals surface area contributed by atoms with Gasteiger partial charge in [0.1, 0.15) is 0 Å². The molecular formula is C6H13N2O. The van der Waals surface area contributed by atoms with Crippen molar-refractivity contribution in [2.75, 3.05) is 13.1 Å². The molecule has 0 atom stereocenters. The molecule has 9 heavy (non-hydrogen) atoms. The van der Waals surface area contributed by atoms with Gasteiger partial charge in [-0.05, 0) is 19.4 Å². The summed E-state index contributed by atoms with van der Waals surface area (Å²) in [6, 6.07) is 0. The number of unbranched alkanes of at least 4 members (excludes halogenated alkanes) is 2. The Labute approximate surface area is 55.6 Å². The second-order valence-corrected chi connectivity index (χ2v) is 1.88. The summed E-state index contributed by atoms with van der Waals surface area (Å²) in [6.07, 6.45) is 4.75. The Morgan fingerprint density at radius 3 is 2.67 bits per heavy atom. The van der Waals surface area contributed by atoms with Crippen LogP contribution in [0, 0.1) is 0 Å². The van der Waals surface area contributed by atoms with E-state index in [0.717, 1.165) is 32.4 Å². The topological polar surface area (TPSA) is 55.1 Å². The molecule has 1 radical (unpaired) electrons. The smallest absolute Gasteiger partial charge is 0.309 e. The fraction of sp³-hybridized carbons (Fsp3) is 0.833. The molecule has 0 saturated heterocycles. The summed E-state index contributed by atoms with van der Waals surface area (Å²) < 4.78 is 0. The van der Waals surface area contributed by atoms with Crippen molar-refractivity contribution in [2.24, 2.45) is 5.73 Å². The third kappa shape index (κ3) is 7.43. The number of hydrogen-bond acceptors (Lipinski definition) is 2. The highest BCUT2D eigenvalue weighted by molar-refractivity contribution is 5.46. The highest BCUT2D eigenvalue weighted by atomic mass is 16.1. The lowest BCUT2D eigenvalue weighted by molar-refractivity contribution is 0.538. The number of hydrogen-bond donors (Lipinski definition) is 2. The van der Waals surface area contributed by atoms with Crippen LogP contribution in [0.25, 0.3) is 0 Å². The first-order valence-corrected chi connectivity index (χ1v) is 3.22. The second-order valence-electron chi connectivity index (χ2n) is 1.88. The van der Waals surface area contributed by atoms with Gasteiger partial charge >= 0.3 is 6.41 Å². The van der Waals surface area contributed by atoms with Gasteiger partial charge in [-0.1, -0.05) is 6.42 Å². The SMILES string of the molecule is NCCCCCN[C]=O. The molecule has 1 amide bonds. The zero-order chi connectivity index (χ0) is 6.95. The van der Waals surface area contributed by atoms with Gasteiger partial charge in [0.2, 0.25) is 0 Å². The molecule has 0 bridgehead atoms. The minimum absolute atomic E-state index is 0.726. The standard InChI is InChI=1S/C6H13N2O/c7-4-2-1-3-5-8-6-9/h1-5,7H2,(H,8,9). The van der Waals surface area contributed by atoms with Crippen LogP contribution in [-0.2, 0) is 4.79 Å². The van der Waals surface area contributed by atoms with Gasteiger partial charge in [0.25, 0.3) is 0 Å². The van der Waals surface area contributed by atoms with Crippen LogP contribution in [-0.4, -0.2) is 19.5 Å². The van der Waals surface area contributed by atoms with Gasteiger partial charge in [-0.25, -0.2) is 0 Å². The molecule has 0 rings (SSSR count). The van der Waals surface area contributed by atoms with Gasteiger partial charge < -0.3 is 11.1 Å². The van der Waals surface area contributed by atoms with Crippen LogP contribution in [0.5, 0.6) is 0 Å². The van der Waals surface area contributed by atoms with Crippen molar-refractivity contribution < 1.29 is 4.79 Å². The molecule has 0 saturated carbocycles. The Morgan fingerprint density at radius 2 is 2.11 bits per heavy atom. The number of carbonyl (C=O) groups excluding carboxylic acids is 1. The molecule has 3 N–H and O–H groups in total. The van der Waals surface area contributed by atoms with Crippen molar-refractivity contribution in [3.05, 3.63) is 0 Å². The Morgan fingerprint density at radius 1 is 1.33 bits per heavy atom. The van der Waals surface area contributed by atoms with E-state index < -0.39 is 0 Å². The van der Waals surface area contributed by atoms with Crippen LogP contribution in [0.1, 0.15) is 19.3 Å². The van der Waals surface area contributed by atoms with E-state index in [4.69, 9.17) is 5.73 Å². The van der Waals surface area contributed by atoms with Crippen molar-refractivity contribution in [3.63, 3.8) is 0 Å². The fourth-order valence-electron chi connectivity index (χ4n) is 0.586. The van der Waals surface area contributed by atoms with E-state index in [9.17, 15) is 4.79 Å². The predicted molar refractivity (Wildman–Crippen MR) is 36.6 cm³/mol. The summed E-state index contributed by atoms with van der Waals surface area (Å²) in [7, 11) is 0. The minimum Gasteiger partial charge on any atom is -0.348 e. The first kappa shape index (κ1) is 8.43. The summed E-state index contributed by atoms with van der Waals surface area (Å²) in [5, 5.41) is 2.46. The summed E-state index contributed by atoms with van der Waals surface area (Å²) in [5.74, 6) is 0. The van der Waals surface area contributed by atoms with Crippen molar-refractivity contribution in [1.82, 2.24) is 5.32 Å². The maximum atomic E-state index is 9.58. The van der Waals surface area contributed by atoms with E-state index in [1.54, 1.807) is 6.41 Å². The van der Waals surface area contributed by atoms with Crippen LogP contribution in [0.15, 0.2) is 0 Å². The molecule has 0 aromatic heterocycles. The van der Waals surface area contributed by atoms with Crippen LogP contribution in [0.3, 0.4) is 0 Å². The van der Waals surface area contributed by atoms with E-state index in [-0.39, 0.29) is 0 Å². The van der Waals surface area contributed by atoms with Gasteiger partial charge in [0, 0.05) is 6.54 Å². The normalized spacial score (nSPS) is 9.00. The van der Waals surface area contributed by atoms with E-state index >= 15 is 0 Å². The number of rotatable bonds is 6. The predicted octanol–water partition coefficient (Wildman–Crippen LogP) is -0.228. The molecule has 0 spiro atoms. The fourth-order valence-corrected chi connectivity index (χ4v) is 0.586. The third-order valence-electron chi connectivity index (χ3n) is 1.08. The summed E-state index contributed by atoms with van der Waals surface area (Å²) in [4.78, 5) is 9.58. The lowest BCUT2D eigenvalue weighted by Gasteiger charge is -1.95. The van der Waals surface area contributed by atoms with Crippen LogP contribution in [0.4, 0.5) is 0 Å². The molecular weight excluding hydrogens is 116 g/mol. The minimum atomic E-state index is 0.726. The molecule has 0 aromatic rings. The van der Waals surface area contributed by atoms with Gasteiger partial charge in [0.05, 0.1) is 0 Å². The van der Waals surface area contributed by atoms with Crippen LogP contribution < -0.4 is 11.1 Å². The first-order valence-electron chi connectivity index (χ1n) is 3.22. The zero-order valence-electron chi connectivity index (χ0n) is 5.52. The first-order chi connectivity index (χ1) is 4.41. The molecule has 3 heteroatoms. The van der Waals surface area contributed by atoms with Gasteiger partial charge in [-0.2, -0.15) is 0 Å². The second kappa shape index (κ2) is 7.43. The Hall–Kier alpha value is -0.570. The molecule has 53 valence electrons. The van der Waals surface area contributed by atoms with Crippen molar-refractivity contribution in [1.29, 1.82) is 0 Å². The maximum Gasteiger partial charge on any atom is 0.309 e. The van der Waals surface area contributed by atoms with E-state index in [0.29, 0.717) is 0 Å². The number of nitrogens with one attached hydrogen (secondary N) is 1. The molecule has 3 nitrogen and oxygen atoms in total. The Kier molecular flexibility index (Phi) is 6.96. The summed E-state index contributed by atoms with van der Waals surface area (Å²) in [5.41, 5.74) is 5.25. The quantitative estimate of drug-likeness (QED) is 0.384. The maximum absolute atomic E-state index is 9.58. The van der Waals surface area contributed by atoms with Crippen LogP contribution >= 0.6 is 0 Å². The average molecular weight is 129 g/mol. The van der Waals surface area contributed by atoms with E-state index in [1.807, 2.05) is 0 Å². The molecule has 0 aliphatic heterocycles. The monoisotopic (exact) mass is 129 g/mol. The highest BCUT2D eigenvalue weighted by Crippen LogP contribution is 1.89. The molecule has 0 heterocycles. The molecule has 0 fully saturated rings. The van der Waals surface area contributed by atoms with Gasteiger partial charge in [-0.15, -0.1) is 0 Å². The lowest BCUT2D eigenvalue weighted by Crippen LogP contribution is -2.12. The lowest BCUT2D eigenvalue weighted by atomic mass is 10.2. The van der Waals surface area contributed by atoms with Crippen molar-refractivity contribution in [3.8, 4) is 0 Å². The zero-order valence-corrected chi connectivity index (χ0v) is 5.52. The molecule has 0 unspecified atom stereocenters. The van der Waals surface area contributed by atoms with Gasteiger partial charge in [0.15, 0.2) is 0 Å². The molecule has 0 aromatic carbocycles. The van der Waals surface area contributed by atoms with Crippen LogP contribution in [0.2, 0.25) is 0 Å². The summed E-state index contributed by atoms with van der Waals surface area (Å²) >= 11 is 0. The molecule has 0 aliphatic carbocycles. The van der Waals surface area contributed by atoms with E-state index in [1.165, 1.54) is 0 Å². The van der Waals surface area contributed by atoms with Crippen molar-refractivity contribution in [2.45, 2.75) is 19.3 Å². The van der Waals surface area contributed by atoms with E-state index in [2.05, 4.69) is 5.32 Å². The van der Waals surface area contributed by atoms with Gasteiger partial charge in [-0.3, -0.25) is 4.79 Å². The third-order valence-corrected chi connectivity index (χ3v) is 1.08. The Balaban J connectivity index is 2.66.